The van der Waals surface area contributed by atoms with Gasteiger partial charge in [-0.2, -0.15) is 0 Å². The van der Waals surface area contributed by atoms with Crippen LogP contribution in [0.25, 0.3) is 0 Å². The van der Waals surface area contributed by atoms with Crippen molar-refractivity contribution in [1.82, 2.24) is 5.32 Å². The highest BCUT2D eigenvalue weighted by Crippen LogP contribution is 2.24. The Balaban J connectivity index is 1.88. The number of benzene rings is 2. The standard InChI is InChI=1S/C19H25NO4/c1-13(19(23)15-5-8-18(22)16(11-15)12-21)20-10-9-14-3-6-17(24-2)7-4-14/h3-8,11,13,19-23H,9-10,12H2,1-2H3/t13-,19+/m0/s1. The molecule has 0 spiro atoms. The van der Waals surface area contributed by atoms with Gasteiger partial charge < -0.3 is 25.4 Å². The molecule has 0 saturated heterocycles. The van der Waals surface area contributed by atoms with Crippen LogP contribution >= 0.6 is 0 Å². The summed E-state index contributed by atoms with van der Waals surface area (Å²) in [6, 6.07) is 12.5. The van der Waals surface area contributed by atoms with Crippen LogP contribution in [0.5, 0.6) is 11.5 Å². The van der Waals surface area contributed by atoms with Crippen LogP contribution in [0.4, 0.5) is 0 Å². The molecule has 5 heteroatoms. The van der Waals surface area contributed by atoms with Crippen LogP contribution in [0, 0.1) is 0 Å². The summed E-state index contributed by atoms with van der Waals surface area (Å²) in [4.78, 5) is 0. The summed E-state index contributed by atoms with van der Waals surface area (Å²) in [5.74, 6) is 0.871. The van der Waals surface area contributed by atoms with Gasteiger partial charge in [-0.3, -0.25) is 0 Å². The van der Waals surface area contributed by atoms with E-state index in [1.807, 2.05) is 31.2 Å². The number of phenols is 1. The minimum absolute atomic E-state index is 0.0357. The van der Waals surface area contributed by atoms with Crippen molar-refractivity contribution >= 4 is 0 Å². The lowest BCUT2D eigenvalue weighted by molar-refractivity contribution is 0.136. The van der Waals surface area contributed by atoms with E-state index < -0.39 is 6.10 Å². The third-order valence-corrected chi connectivity index (χ3v) is 4.13. The molecule has 24 heavy (non-hydrogen) atoms. The number of rotatable bonds is 8. The molecule has 5 nitrogen and oxygen atoms in total. The zero-order valence-electron chi connectivity index (χ0n) is 14.1. The van der Waals surface area contributed by atoms with Crippen molar-refractivity contribution in [2.45, 2.75) is 32.1 Å². The van der Waals surface area contributed by atoms with Gasteiger partial charge in [0.15, 0.2) is 0 Å². The Morgan fingerprint density at radius 3 is 2.46 bits per heavy atom. The zero-order valence-corrected chi connectivity index (χ0v) is 14.1. The van der Waals surface area contributed by atoms with E-state index in [-0.39, 0.29) is 18.4 Å². The first-order valence-electron chi connectivity index (χ1n) is 8.02. The number of aliphatic hydroxyl groups excluding tert-OH is 2. The molecule has 130 valence electrons. The summed E-state index contributed by atoms with van der Waals surface area (Å²) in [5.41, 5.74) is 2.27. The smallest absolute Gasteiger partial charge is 0.121 e. The van der Waals surface area contributed by atoms with Gasteiger partial charge in [-0.25, -0.2) is 0 Å². The average Bonchev–Trinajstić information content (AvgIpc) is 2.62. The highest BCUT2D eigenvalue weighted by Gasteiger charge is 2.17. The first-order chi connectivity index (χ1) is 11.5. The van der Waals surface area contributed by atoms with Crippen molar-refractivity contribution in [2.75, 3.05) is 13.7 Å². The largest absolute Gasteiger partial charge is 0.508 e. The van der Waals surface area contributed by atoms with E-state index in [1.165, 1.54) is 11.6 Å². The molecule has 0 aliphatic heterocycles. The molecule has 4 N–H and O–H groups in total. The molecule has 0 amide bonds. The molecular formula is C19H25NO4. The lowest BCUT2D eigenvalue weighted by Crippen LogP contribution is -2.33. The fourth-order valence-corrected chi connectivity index (χ4v) is 2.55. The van der Waals surface area contributed by atoms with Gasteiger partial charge in [-0.15, -0.1) is 0 Å². The maximum Gasteiger partial charge on any atom is 0.121 e. The molecule has 2 aromatic rings. The second kappa shape index (κ2) is 8.68. The van der Waals surface area contributed by atoms with Crippen molar-refractivity contribution in [2.24, 2.45) is 0 Å². The molecule has 2 atom stereocenters. The van der Waals surface area contributed by atoms with Gasteiger partial charge in [-0.1, -0.05) is 18.2 Å². The van der Waals surface area contributed by atoms with Gasteiger partial charge in [0.05, 0.1) is 19.8 Å². The van der Waals surface area contributed by atoms with Gasteiger partial charge in [0.2, 0.25) is 0 Å². The van der Waals surface area contributed by atoms with Crippen molar-refractivity contribution < 1.29 is 20.1 Å². The quantitative estimate of drug-likeness (QED) is 0.596. The SMILES string of the molecule is COc1ccc(CCN[C@@H](C)[C@@H](O)c2ccc(O)c(CO)c2)cc1. The Bertz CT molecular complexity index is 642. The number of nitrogens with one attached hydrogen (secondary N) is 1. The molecule has 0 aliphatic rings. The lowest BCUT2D eigenvalue weighted by atomic mass is 10.0. The normalized spacial score (nSPS) is 13.5. The maximum atomic E-state index is 10.4. The molecule has 0 fully saturated rings. The van der Waals surface area contributed by atoms with E-state index in [4.69, 9.17) is 4.74 Å². The van der Waals surface area contributed by atoms with Gasteiger partial charge in [0.1, 0.15) is 11.5 Å². The van der Waals surface area contributed by atoms with Crippen LogP contribution < -0.4 is 10.1 Å². The number of aliphatic hydroxyl groups is 2. The van der Waals surface area contributed by atoms with Crippen molar-refractivity contribution in [1.29, 1.82) is 0 Å². The lowest BCUT2D eigenvalue weighted by Gasteiger charge is -2.21. The summed E-state index contributed by atoms with van der Waals surface area (Å²) >= 11 is 0. The predicted molar refractivity (Wildman–Crippen MR) is 93.2 cm³/mol. The number of hydrogen-bond acceptors (Lipinski definition) is 5. The molecule has 0 aromatic heterocycles. The van der Waals surface area contributed by atoms with Crippen LogP contribution in [0.3, 0.4) is 0 Å². The van der Waals surface area contributed by atoms with E-state index in [1.54, 1.807) is 19.2 Å². The predicted octanol–water partition coefficient (Wildman–Crippen LogP) is 2.15. The minimum atomic E-state index is -0.716. The summed E-state index contributed by atoms with van der Waals surface area (Å²) in [6.07, 6.45) is 0.130. The monoisotopic (exact) mass is 331 g/mol. The van der Waals surface area contributed by atoms with Gasteiger partial charge in [-0.05, 0) is 55.3 Å². The molecule has 0 aliphatic carbocycles. The Labute approximate surface area is 142 Å². The first kappa shape index (κ1) is 18.3. The first-order valence-corrected chi connectivity index (χ1v) is 8.02. The third-order valence-electron chi connectivity index (χ3n) is 4.13. The summed E-state index contributed by atoms with van der Waals surface area (Å²) in [7, 11) is 1.64. The second-order valence-corrected chi connectivity index (χ2v) is 5.83. The third kappa shape index (κ3) is 4.71. The maximum absolute atomic E-state index is 10.4. The Morgan fingerprint density at radius 2 is 1.83 bits per heavy atom. The molecule has 0 heterocycles. The fourth-order valence-electron chi connectivity index (χ4n) is 2.55. The molecule has 0 bridgehead atoms. The van der Waals surface area contributed by atoms with E-state index in [0.29, 0.717) is 11.1 Å². The van der Waals surface area contributed by atoms with Crippen molar-refractivity contribution in [3.63, 3.8) is 0 Å². The summed E-state index contributed by atoms with van der Waals surface area (Å²) in [6.45, 7) is 2.38. The van der Waals surface area contributed by atoms with E-state index in [2.05, 4.69) is 5.32 Å². The van der Waals surface area contributed by atoms with Crippen LogP contribution in [-0.4, -0.2) is 35.0 Å². The van der Waals surface area contributed by atoms with Crippen LogP contribution in [0.1, 0.15) is 29.7 Å². The van der Waals surface area contributed by atoms with Crippen LogP contribution in [0.15, 0.2) is 42.5 Å². The molecule has 0 unspecified atom stereocenters. The Hall–Kier alpha value is -2.08. The van der Waals surface area contributed by atoms with Crippen LogP contribution in [-0.2, 0) is 13.0 Å². The number of hydrogen-bond donors (Lipinski definition) is 4. The average molecular weight is 331 g/mol. The van der Waals surface area contributed by atoms with Gasteiger partial charge in [0.25, 0.3) is 0 Å². The molecular weight excluding hydrogens is 306 g/mol. The van der Waals surface area contributed by atoms with Gasteiger partial charge in [0, 0.05) is 11.6 Å². The minimum Gasteiger partial charge on any atom is -0.508 e. The van der Waals surface area contributed by atoms with Crippen LogP contribution in [0.2, 0.25) is 0 Å². The zero-order chi connectivity index (χ0) is 17.5. The fraction of sp³-hybridized carbons (Fsp3) is 0.368. The highest BCUT2D eigenvalue weighted by atomic mass is 16.5. The van der Waals surface area contributed by atoms with E-state index in [9.17, 15) is 15.3 Å². The topological polar surface area (TPSA) is 82.0 Å². The van der Waals surface area contributed by atoms with E-state index in [0.717, 1.165) is 18.7 Å². The molecule has 2 rings (SSSR count). The molecule has 0 radical (unpaired) electrons. The van der Waals surface area contributed by atoms with Crippen molar-refractivity contribution in [3.05, 3.63) is 59.2 Å². The summed E-state index contributed by atoms with van der Waals surface area (Å²) in [5, 5.41) is 32.5. The highest BCUT2D eigenvalue weighted by molar-refractivity contribution is 5.37. The number of aromatic hydroxyl groups is 1. The van der Waals surface area contributed by atoms with Gasteiger partial charge >= 0.3 is 0 Å². The summed E-state index contributed by atoms with van der Waals surface area (Å²) < 4.78 is 5.14. The van der Waals surface area contributed by atoms with Crippen molar-refractivity contribution in [3.8, 4) is 11.5 Å². The Kier molecular flexibility index (Phi) is 6.61. The van der Waals surface area contributed by atoms with E-state index >= 15 is 0 Å². The Morgan fingerprint density at radius 1 is 1.12 bits per heavy atom. The molecule has 2 aromatic carbocycles. The number of ether oxygens (including phenoxy) is 1. The molecule has 0 saturated carbocycles. The second-order valence-electron chi connectivity index (χ2n) is 5.83. The number of methoxy groups -OCH3 is 1.